The maximum atomic E-state index is 13.0. The summed E-state index contributed by atoms with van der Waals surface area (Å²) < 4.78 is 1.56. The van der Waals surface area contributed by atoms with Gasteiger partial charge in [0.1, 0.15) is 15.9 Å². The Bertz CT molecular complexity index is 1190. The second-order valence-electron chi connectivity index (χ2n) is 6.73. The van der Waals surface area contributed by atoms with Crippen LogP contribution in [-0.4, -0.2) is 26.4 Å². The van der Waals surface area contributed by atoms with Crippen LogP contribution < -0.4 is 5.01 Å². The highest BCUT2D eigenvalue weighted by Gasteiger charge is 2.33. The third kappa shape index (κ3) is 4.13. The molecule has 3 aromatic rings. The number of hydrogen-bond donors (Lipinski definition) is 0. The van der Waals surface area contributed by atoms with Gasteiger partial charge in [-0.15, -0.1) is 0 Å². The van der Waals surface area contributed by atoms with Crippen LogP contribution in [0.5, 0.6) is 0 Å². The first kappa shape index (κ1) is 21.6. The van der Waals surface area contributed by atoms with Crippen molar-refractivity contribution in [1.29, 1.82) is 0 Å². The lowest BCUT2D eigenvalue weighted by Crippen LogP contribution is -2.29. The highest BCUT2D eigenvalue weighted by molar-refractivity contribution is 8.14. The number of aromatic nitrogens is 2. The molecule has 4 rings (SSSR count). The molecule has 0 spiro atoms. The van der Waals surface area contributed by atoms with Crippen molar-refractivity contribution in [3.8, 4) is 11.4 Å². The van der Waals surface area contributed by atoms with Gasteiger partial charge in [0.05, 0.1) is 0 Å². The van der Waals surface area contributed by atoms with Gasteiger partial charge >= 0.3 is 0 Å². The lowest BCUT2D eigenvalue weighted by Gasteiger charge is -2.22. The van der Waals surface area contributed by atoms with E-state index in [0.717, 1.165) is 11.1 Å². The number of benzene rings is 2. The Kier molecular flexibility index (Phi) is 6.18. The van der Waals surface area contributed by atoms with E-state index < -0.39 is 0 Å². The molecule has 158 valence electrons. The van der Waals surface area contributed by atoms with E-state index in [1.807, 2.05) is 12.1 Å². The molecule has 0 saturated carbocycles. The Morgan fingerprint density at radius 3 is 1.97 bits per heavy atom. The standard InChI is InChI=1S/C22H18Cl2N4O2S/c1-3-17(29)27-19(13-5-9-15(23)10-6-13)25-20-22(27)31-21(26-28(20)18(30)4-2)14-7-11-16(24)12-8-14/h5-12H,3-4H2,1-2H3. The first-order chi connectivity index (χ1) is 14.9. The highest BCUT2D eigenvalue weighted by Crippen LogP contribution is 2.41. The molecule has 0 aliphatic carbocycles. The van der Waals surface area contributed by atoms with E-state index in [-0.39, 0.29) is 24.7 Å². The predicted molar refractivity (Wildman–Crippen MR) is 125 cm³/mol. The largest absolute Gasteiger partial charge is 0.274 e. The van der Waals surface area contributed by atoms with Crippen molar-refractivity contribution in [2.45, 2.75) is 31.7 Å². The molecule has 0 bridgehead atoms. The highest BCUT2D eigenvalue weighted by atomic mass is 35.5. The number of carbonyl (C=O) groups is 2. The maximum Gasteiger partial charge on any atom is 0.248 e. The summed E-state index contributed by atoms with van der Waals surface area (Å²) in [6.07, 6.45) is 0.519. The zero-order chi connectivity index (χ0) is 22.1. The summed E-state index contributed by atoms with van der Waals surface area (Å²) in [6, 6.07) is 14.3. The molecular formula is C22H18Cl2N4O2S. The Labute approximate surface area is 193 Å². The normalized spacial score (nSPS) is 13.0. The van der Waals surface area contributed by atoms with Gasteiger partial charge in [0, 0.05) is 34.0 Å². The molecule has 1 aliphatic rings. The van der Waals surface area contributed by atoms with E-state index in [4.69, 9.17) is 23.2 Å². The van der Waals surface area contributed by atoms with Crippen LogP contribution in [0.3, 0.4) is 0 Å². The number of halogens is 2. The summed E-state index contributed by atoms with van der Waals surface area (Å²) in [5.74, 6) is 0.445. The van der Waals surface area contributed by atoms with Crippen molar-refractivity contribution in [1.82, 2.24) is 9.55 Å². The predicted octanol–water partition coefficient (Wildman–Crippen LogP) is 6.12. The SMILES string of the molecule is CCC(=O)N1N=C(c2ccc(Cl)cc2)Sc2c1nc(-c1ccc(Cl)cc1)n2C(=O)CC. The van der Waals surface area contributed by atoms with E-state index in [9.17, 15) is 9.59 Å². The summed E-state index contributed by atoms with van der Waals surface area (Å²) in [4.78, 5) is 30.4. The van der Waals surface area contributed by atoms with E-state index in [2.05, 4.69) is 10.1 Å². The fourth-order valence-corrected chi connectivity index (χ4v) is 4.40. The Morgan fingerprint density at radius 1 is 0.871 bits per heavy atom. The molecule has 1 aromatic heterocycles. The molecule has 1 aliphatic heterocycles. The quantitative estimate of drug-likeness (QED) is 0.458. The van der Waals surface area contributed by atoms with E-state index >= 15 is 0 Å². The molecule has 2 aromatic carbocycles. The summed E-state index contributed by atoms with van der Waals surface area (Å²) >= 11 is 13.4. The number of hydrogen-bond acceptors (Lipinski definition) is 5. The van der Waals surface area contributed by atoms with Crippen molar-refractivity contribution in [2.75, 3.05) is 5.01 Å². The fraction of sp³-hybridized carbons (Fsp3) is 0.182. The third-order valence-electron chi connectivity index (χ3n) is 4.69. The first-order valence-corrected chi connectivity index (χ1v) is 11.3. The van der Waals surface area contributed by atoms with Crippen LogP contribution in [-0.2, 0) is 4.79 Å². The van der Waals surface area contributed by atoms with Gasteiger partial charge < -0.3 is 0 Å². The monoisotopic (exact) mass is 472 g/mol. The minimum absolute atomic E-state index is 0.132. The van der Waals surface area contributed by atoms with Gasteiger partial charge in [-0.25, -0.2) is 4.98 Å². The van der Waals surface area contributed by atoms with Crippen LogP contribution in [0.1, 0.15) is 37.0 Å². The smallest absolute Gasteiger partial charge is 0.248 e. The topological polar surface area (TPSA) is 67.6 Å². The molecule has 0 atom stereocenters. The van der Waals surface area contributed by atoms with Crippen LogP contribution in [0.2, 0.25) is 10.0 Å². The molecule has 0 N–H and O–H groups in total. The van der Waals surface area contributed by atoms with Gasteiger partial charge in [-0.1, -0.05) is 49.2 Å². The summed E-state index contributed by atoms with van der Waals surface area (Å²) in [5.41, 5.74) is 1.51. The number of hydrazone groups is 1. The van der Waals surface area contributed by atoms with Crippen molar-refractivity contribution in [2.24, 2.45) is 5.10 Å². The van der Waals surface area contributed by atoms with Gasteiger partial charge in [0.25, 0.3) is 0 Å². The molecule has 31 heavy (non-hydrogen) atoms. The molecule has 0 saturated heterocycles. The number of thioether (sulfide) groups is 1. The zero-order valence-corrected chi connectivity index (χ0v) is 19.1. The summed E-state index contributed by atoms with van der Waals surface area (Å²) in [6.45, 7) is 3.55. The van der Waals surface area contributed by atoms with Crippen LogP contribution in [0, 0.1) is 0 Å². The number of rotatable bonds is 4. The number of imidazole rings is 1. The van der Waals surface area contributed by atoms with Crippen molar-refractivity contribution >= 4 is 57.6 Å². The van der Waals surface area contributed by atoms with Crippen LogP contribution in [0.25, 0.3) is 11.4 Å². The van der Waals surface area contributed by atoms with Gasteiger partial charge in [-0.3, -0.25) is 14.2 Å². The lowest BCUT2D eigenvalue weighted by atomic mass is 10.2. The van der Waals surface area contributed by atoms with Crippen molar-refractivity contribution in [3.63, 3.8) is 0 Å². The summed E-state index contributed by atoms with van der Waals surface area (Å²) in [7, 11) is 0. The molecule has 2 heterocycles. The van der Waals surface area contributed by atoms with Crippen molar-refractivity contribution in [3.05, 3.63) is 64.1 Å². The van der Waals surface area contributed by atoms with Gasteiger partial charge in [0.2, 0.25) is 11.8 Å². The number of nitrogens with zero attached hydrogens (tertiary/aromatic N) is 4. The minimum Gasteiger partial charge on any atom is -0.274 e. The maximum absolute atomic E-state index is 13.0. The Hall–Kier alpha value is -2.61. The Morgan fingerprint density at radius 2 is 1.42 bits per heavy atom. The lowest BCUT2D eigenvalue weighted by molar-refractivity contribution is -0.118. The minimum atomic E-state index is -0.218. The zero-order valence-electron chi connectivity index (χ0n) is 16.8. The number of anilines is 1. The third-order valence-corrected chi connectivity index (χ3v) is 6.26. The van der Waals surface area contributed by atoms with Gasteiger partial charge in [-0.2, -0.15) is 10.1 Å². The van der Waals surface area contributed by atoms with Crippen LogP contribution >= 0.6 is 35.0 Å². The van der Waals surface area contributed by atoms with Crippen LogP contribution in [0.15, 0.2) is 58.7 Å². The summed E-state index contributed by atoms with van der Waals surface area (Å²) in [5, 5.41) is 8.16. The number of amides is 1. The molecule has 9 heteroatoms. The second-order valence-corrected chi connectivity index (χ2v) is 8.58. The molecule has 0 unspecified atom stereocenters. The van der Waals surface area contributed by atoms with E-state index in [0.29, 0.717) is 31.8 Å². The average Bonchev–Trinajstić information content (AvgIpc) is 3.17. The Balaban J connectivity index is 1.91. The second kappa shape index (κ2) is 8.86. The van der Waals surface area contributed by atoms with Crippen LogP contribution in [0.4, 0.5) is 5.82 Å². The van der Waals surface area contributed by atoms with Crippen molar-refractivity contribution < 1.29 is 9.59 Å². The molecule has 0 radical (unpaired) electrons. The molecule has 1 amide bonds. The van der Waals surface area contributed by atoms with E-state index in [1.54, 1.807) is 54.8 Å². The number of carbonyl (C=O) groups excluding carboxylic acids is 2. The first-order valence-electron chi connectivity index (χ1n) is 9.70. The molecule has 0 fully saturated rings. The van der Waals surface area contributed by atoms with Gasteiger partial charge in [0.15, 0.2) is 5.82 Å². The van der Waals surface area contributed by atoms with E-state index in [1.165, 1.54) is 16.8 Å². The van der Waals surface area contributed by atoms with Gasteiger partial charge in [-0.05, 0) is 48.2 Å². The average molecular weight is 473 g/mol. The fourth-order valence-electron chi connectivity index (χ4n) is 3.09. The number of fused-ring (bicyclic) bond motifs is 1. The molecule has 6 nitrogen and oxygen atoms in total. The molecular weight excluding hydrogens is 455 g/mol.